The third-order valence-electron chi connectivity index (χ3n) is 4.24. The average Bonchev–Trinajstić information content (AvgIpc) is 2.71. The molecule has 3 aromatic carbocycles. The molecule has 0 amide bonds. The number of aliphatic carboxylic acids is 1. The fraction of sp³-hybridized carbons (Fsp3) is 0.174. The number of thioether (sulfide) groups is 1. The molecular formula is C23H20Cl2O4S. The SMILES string of the molecule is Cc1cc(SCc2ccc(OCc3ccc(Cl)cc3Cl)cc2)ccc1OCC(=O)O. The van der Waals surface area contributed by atoms with Crippen molar-refractivity contribution >= 4 is 40.9 Å². The van der Waals surface area contributed by atoms with E-state index in [4.69, 9.17) is 37.8 Å². The van der Waals surface area contributed by atoms with Crippen molar-refractivity contribution < 1.29 is 19.4 Å². The van der Waals surface area contributed by atoms with Gasteiger partial charge in [0.05, 0.1) is 0 Å². The molecule has 156 valence electrons. The van der Waals surface area contributed by atoms with Gasteiger partial charge in [-0.25, -0.2) is 4.79 Å². The number of carboxylic acid groups (broad SMARTS) is 1. The van der Waals surface area contributed by atoms with Gasteiger partial charge in [0.1, 0.15) is 18.1 Å². The number of carboxylic acids is 1. The van der Waals surface area contributed by atoms with Gasteiger partial charge in [0.2, 0.25) is 0 Å². The molecule has 0 aliphatic rings. The molecule has 0 aliphatic carbocycles. The van der Waals surface area contributed by atoms with Gasteiger partial charge in [0.15, 0.2) is 6.61 Å². The molecule has 0 aliphatic heterocycles. The number of benzene rings is 3. The fourth-order valence-corrected chi connectivity index (χ4v) is 4.07. The van der Waals surface area contributed by atoms with Crippen LogP contribution in [0.1, 0.15) is 16.7 Å². The summed E-state index contributed by atoms with van der Waals surface area (Å²) in [5.41, 5.74) is 2.96. The molecule has 3 rings (SSSR count). The van der Waals surface area contributed by atoms with E-state index in [0.717, 1.165) is 27.5 Å². The van der Waals surface area contributed by atoms with Crippen LogP contribution in [0.5, 0.6) is 11.5 Å². The predicted molar refractivity (Wildman–Crippen MR) is 121 cm³/mol. The van der Waals surface area contributed by atoms with Crippen LogP contribution < -0.4 is 9.47 Å². The Bertz CT molecular complexity index is 1020. The second-order valence-electron chi connectivity index (χ2n) is 6.57. The third kappa shape index (κ3) is 6.59. The number of hydrogen-bond acceptors (Lipinski definition) is 4. The lowest BCUT2D eigenvalue weighted by atomic mass is 10.2. The molecular weight excluding hydrogens is 443 g/mol. The summed E-state index contributed by atoms with van der Waals surface area (Å²) in [6.45, 7) is 1.94. The van der Waals surface area contributed by atoms with Crippen LogP contribution in [-0.4, -0.2) is 17.7 Å². The van der Waals surface area contributed by atoms with Gasteiger partial charge in [-0.2, -0.15) is 0 Å². The highest BCUT2D eigenvalue weighted by atomic mass is 35.5. The van der Waals surface area contributed by atoms with Crippen molar-refractivity contribution in [1.82, 2.24) is 0 Å². The zero-order chi connectivity index (χ0) is 21.5. The number of ether oxygens (including phenoxy) is 2. The first-order chi connectivity index (χ1) is 14.4. The van der Waals surface area contributed by atoms with E-state index in [-0.39, 0.29) is 6.61 Å². The molecule has 0 spiro atoms. The molecule has 0 radical (unpaired) electrons. The number of rotatable bonds is 9. The minimum Gasteiger partial charge on any atom is -0.489 e. The molecule has 30 heavy (non-hydrogen) atoms. The van der Waals surface area contributed by atoms with E-state index in [1.165, 1.54) is 5.56 Å². The summed E-state index contributed by atoms with van der Waals surface area (Å²) < 4.78 is 11.1. The second kappa shape index (κ2) is 10.6. The van der Waals surface area contributed by atoms with Crippen molar-refractivity contribution in [2.75, 3.05) is 6.61 Å². The van der Waals surface area contributed by atoms with Crippen LogP contribution >= 0.6 is 35.0 Å². The predicted octanol–water partition coefficient (Wildman–Crippen LogP) is 6.64. The molecule has 0 atom stereocenters. The van der Waals surface area contributed by atoms with E-state index in [0.29, 0.717) is 22.4 Å². The van der Waals surface area contributed by atoms with Crippen molar-refractivity contribution in [2.24, 2.45) is 0 Å². The first kappa shape index (κ1) is 22.3. The topological polar surface area (TPSA) is 55.8 Å². The Hall–Kier alpha value is -2.34. The Morgan fingerprint density at radius 3 is 2.43 bits per heavy atom. The van der Waals surface area contributed by atoms with Gasteiger partial charge in [0.25, 0.3) is 0 Å². The Morgan fingerprint density at radius 1 is 1.00 bits per heavy atom. The fourth-order valence-electron chi connectivity index (χ4n) is 2.66. The molecule has 0 unspecified atom stereocenters. The largest absolute Gasteiger partial charge is 0.489 e. The lowest BCUT2D eigenvalue weighted by Gasteiger charge is -2.10. The molecule has 7 heteroatoms. The highest BCUT2D eigenvalue weighted by Gasteiger charge is 2.06. The lowest BCUT2D eigenvalue weighted by Crippen LogP contribution is -2.09. The number of halogens is 2. The molecule has 0 fully saturated rings. The minimum absolute atomic E-state index is 0.341. The summed E-state index contributed by atoms with van der Waals surface area (Å²) in [6.07, 6.45) is 0. The van der Waals surface area contributed by atoms with Crippen molar-refractivity contribution in [2.45, 2.75) is 24.2 Å². The van der Waals surface area contributed by atoms with Crippen LogP contribution in [-0.2, 0) is 17.2 Å². The zero-order valence-corrected chi connectivity index (χ0v) is 18.6. The molecule has 3 aromatic rings. The van der Waals surface area contributed by atoms with Crippen LogP contribution in [0.15, 0.2) is 65.6 Å². The summed E-state index contributed by atoms with van der Waals surface area (Å²) in [5, 5.41) is 9.90. The van der Waals surface area contributed by atoms with Crippen LogP contribution in [0.25, 0.3) is 0 Å². The molecule has 0 heterocycles. The lowest BCUT2D eigenvalue weighted by molar-refractivity contribution is -0.139. The Balaban J connectivity index is 1.52. The number of hydrogen-bond donors (Lipinski definition) is 1. The highest BCUT2D eigenvalue weighted by molar-refractivity contribution is 7.98. The standard InChI is InChI=1S/C23H20Cl2O4S/c1-15-10-20(8-9-22(15)29-13-23(26)27)30-14-16-2-6-19(7-3-16)28-12-17-4-5-18(24)11-21(17)25/h2-11H,12-14H2,1H3,(H,26,27). The quantitative estimate of drug-likeness (QED) is 0.361. The Morgan fingerprint density at radius 2 is 1.77 bits per heavy atom. The van der Waals surface area contributed by atoms with Gasteiger partial charge in [-0.1, -0.05) is 41.4 Å². The zero-order valence-electron chi connectivity index (χ0n) is 16.2. The average molecular weight is 463 g/mol. The van der Waals surface area contributed by atoms with Crippen molar-refractivity contribution in [1.29, 1.82) is 0 Å². The van der Waals surface area contributed by atoms with Crippen molar-refractivity contribution in [3.8, 4) is 11.5 Å². The van der Waals surface area contributed by atoms with E-state index in [1.54, 1.807) is 30.0 Å². The third-order valence-corrected chi connectivity index (χ3v) is 5.89. The molecule has 0 bridgehead atoms. The van der Waals surface area contributed by atoms with E-state index in [2.05, 4.69) is 0 Å². The van der Waals surface area contributed by atoms with Crippen LogP contribution in [0.3, 0.4) is 0 Å². The minimum atomic E-state index is -0.989. The summed E-state index contributed by atoms with van der Waals surface area (Å²) in [4.78, 5) is 11.7. The van der Waals surface area contributed by atoms with Crippen LogP contribution in [0.2, 0.25) is 10.0 Å². The summed E-state index contributed by atoms with van der Waals surface area (Å²) >= 11 is 13.8. The first-order valence-electron chi connectivity index (χ1n) is 9.14. The van der Waals surface area contributed by atoms with Gasteiger partial charge < -0.3 is 14.6 Å². The Kier molecular flexibility index (Phi) is 7.91. The van der Waals surface area contributed by atoms with Crippen LogP contribution in [0.4, 0.5) is 0 Å². The molecule has 1 N–H and O–H groups in total. The van der Waals surface area contributed by atoms with Crippen molar-refractivity contribution in [3.63, 3.8) is 0 Å². The maximum Gasteiger partial charge on any atom is 0.341 e. The van der Waals surface area contributed by atoms with Crippen LogP contribution in [0, 0.1) is 6.92 Å². The van der Waals surface area contributed by atoms with Gasteiger partial charge in [-0.15, -0.1) is 11.8 Å². The normalized spacial score (nSPS) is 10.6. The van der Waals surface area contributed by atoms with Gasteiger partial charge in [-0.3, -0.25) is 0 Å². The molecule has 0 saturated carbocycles. The number of aryl methyl sites for hydroxylation is 1. The summed E-state index contributed by atoms with van der Waals surface area (Å²) in [7, 11) is 0. The van der Waals surface area contributed by atoms with E-state index in [9.17, 15) is 4.79 Å². The van der Waals surface area contributed by atoms with E-state index in [1.807, 2.05) is 49.4 Å². The van der Waals surface area contributed by atoms with Gasteiger partial charge in [-0.05, 0) is 60.5 Å². The second-order valence-corrected chi connectivity index (χ2v) is 8.46. The molecule has 0 aromatic heterocycles. The van der Waals surface area contributed by atoms with Gasteiger partial charge >= 0.3 is 5.97 Å². The molecule has 4 nitrogen and oxygen atoms in total. The number of carbonyl (C=O) groups is 1. The summed E-state index contributed by atoms with van der Waals surface area (Å²) in [6, 6.07) is 19.0. The maximum absolute atomic E-state index is 10.6. The Labute approximate surface area is 189 Å². The van der Waals surface area contributed by atoms with Crippen molar-refractivity contribution in [3.05, 3.63) is 87.4 Å². The van der Waals surface area contributed by atoms with E-state index < -0.39 is 5.97 Å². The molecule has 0 saturated heterocycles. The maximum atomic E-state index is 10.6. The summed E-state index contributed by atoms with van der Waals surface area (Å²) in [5.74, 6) is 1.17. The monoisotopic (exact) mass is 462 g/mol. The van der Waals surface area contributed by atoms with Gasteiger partial charge in [0, 0.05) is 26.3 Å². The smallest absolute Gasteiger partial charge is 0.341 e. The van der Waals surface area contributed by atoms with E-state index >= 15 is 0 Å². The first-order valence-corrected chi connectivity index (χ1v) is 10.9. The highest BCUT2D eigenvalue weighted by Crippen LogP contribution is 2.29.